The van der Waals surface area contributed by atoms with Crippen molar-refractivity contribution in [3.63, 3.8) is 0 Å². The Labute approximate surface area is 85.7 Å². The van der Waals surface area contributed by atoms with Crippen molar-refractivity contribution in [3.05, 3.63) is 54.1 Å². The topological polar surface area (TPSA) is 9.23 Å². The lowest BCUT2D eigenvalue weighted by Crippen LogP contribution is -1.88. The van der Waals surface area contributed by atoms with Crippen molar-refractivity contribution >= 4 is 5.76 Å². The fourth-order valence-electron chi connectivity index (χ4n) is 1.29. The van der Waals surface area contributed by atoms with E-state index in [1.165, 1.54) is 5.56 Å². The van der Waals surface area contributed by atoms with Crippen LogP contribution in [0, 0.1) is 0 Å². The van der Waals surface area contributed by atoms with Crippen LogP contribution in [0.5, 0.6) is 0 Å². The second-order valence-electron chi connectivity index (χ2n) is 3.02. The van der Waals surface area contributed by atoms with Crippen LogP contribution in [0.3, 0.4) is 0 Å². The number of hydrogen-bond donors (Lipinski definition) is 0. The summed E-state index contributed by atoms with van der Waals surface area (Å²) in [5.74, 6) is 0.850. The van der Waals surface area contributed by atoms with E-state index in [1.807, 2.05) is 6.08 Å². The third-order valence-corrected chi connectivity index (χ3v) is 2.14. The SMILES string of the molecule is C=C/C=C(\OC)c1ccc(CC)cc1. The Morgan fingerprint density at radius 1 is 1.36 bits per heavy atom. The van der Waals surface area contributed by atoms with Crippen LogP contribution in [0.2, 0.25) is 0 Å². The largest absolute Gasteiger partial charge is 0.496 e. The van der Waals surface area contributed by atoms with Crippen LogP contribution in [0.4, 0.5) is 0 Å². The first-order valence-corrected chi connectivity index (χ1v) is 4.77. The maximum absolute atomic E-state index is 5.24. The molecular weight excluding hydrogens is 172 g/mol. The number of ether oxygens (including phenoxy) is 1. The maximum atomic E-state index is 5.24. The molecule has 0 aromatic heterocycles. The van der Waals surface area contributed by atoms with Gasteiger partial charge in [-0.3, -0.25) is 0 Å². The zero-order chi connectivity index (χ0) is 10.4. The monoisotopic (exact) mass is 188 g/mol. The number of rotatable bonds is 4. The molecule has 0 radical (unpaired) electrons. The Bertz CT molecular complexity index is 320. The normalized spacial score (nSPS) is 11.1. The summed E-state index contributed by atoms with van der Waals surface area (Å²) in [7, 11) is 1.67. The third-order valence-electron chi connectivity index (χ3n) is 2.14. The number of aryl methyl sites for hydroxylation is 1. The molecule has 0 spiro atoms. The summed E-state index contributed by atoms with van der Waals surface area (Å²) in [6.07, 6.45) is 4.65. The molecule has 0 unspecified atom stereocenters. The number of allylic oxidation sites excluding steroid dienone is 2. The quantitative estimate of drug-likeness (QED) is 0.519. The first-order chi connectivity index (χ1) is 6.81. The molecule has 0 amide bonds. The number of methoxy groups -OCH3 is 1. The molecule has 14 heavy (non-hydrogen) atoms. The summed E-state index contributed by atoms with van der Waals surface area (Å²) in [5, 5.41) is 0. The standard InChI is InChI=1S/C13H16O/c1-4-6-13(14-3)12-9-7-11(5-2)8-10-12/h4,6-10H,1,5H2,2-3H3/b13-6-. The van der Waals surface area contributed by atoms with Crippen molar-refractivity contribution < 1.29 is 4.74 Å². The van der Waals surface area contributed by atoms with E-state index in [0.717, 1.165) is 17.7 Å². The predicted octanol–water partition coefficient (Wildman–Crippen LogP) is 3.42. The molecule has 1 aromatic carbocycles. The average molecular weight is 188 g/mol. The van der Waals surface area contributed by atoms with E-state index in [1.54, 1.807) is 13.2 Å². The van der Waals surface area contributed by atoms with Gasteiger partial charge in [0.05, 0.1) is 7.11 Å². The van der Waals surface area contributed by atoms with Crippen molar-refractivity contribution in [1.82, 2.24) is 0 Å². The molecular formula is C13H16O. The predicted molar refractivity (Wildman–Crippen MR) is 61.0 cm³/mol. The summed E-state index contributed by atoms with van der Waals surface area (Å²) in [6, 6.07) is 8.37. The summed E-state index contributed by atoms with van der Waals surface area (Å²) in [5.41, 5.74) is 2.42. The summed E-state index contributed by atoms with van der Waals surface area (Å²) in [6.45, 7) is 5.80. The highest BCUT2D eigenvalue weighted by atomic mass is 16.5. The Balaban J connectivity index is 2.95. The summed E-state index contributed by atoms with van der Waals surface area (Å²) >= 11 is 0. The van der Waals surface area contributed by atoms with Crippen molar-refractivity contribution in [2.75, 3.05) is 7.11 Å². The Morgan fingerprint density at radius 3 is 2.43 bits per heavy atom. The third kappa shape index (κ3) is 2.49. The van der Waals surface area contributed by atoms with Gasteiger partial charge in [0.25, 0.3) is 0 Å². The van der Waals surface area contributed by atoms with Crippen molar-refractivity contribution in [2.24, 2.45) is 0 Å². The molecule has 1 rings (SSSR count). The van der Waals surface area contributed by atoms with Crippen LogP contribution in [0.15, 0.2) is 43.0 Å². The van der Waals surface area contributed by atoms with Gasteiger partial charge >= 0.3 is 0 Å². The van der Waals surface area contributed by atoms with Gasteiger partial charge in [-0.1, -0.05) is 43.8 Å². The van der Waals surface area contributed by atoms with E-state index >= 15 is 0 Å². The fraction of sp³-hybridized carbons (Fsp3) is 0.231. The lowest BCUT2D eigenvalue weighted by atomic mass is 10.1. The van der Waals surface area contributed by atoms with Gasteiger partial charge < -0.3 is 4.74 Å². The van der Waals surface area contributed by atoms with Crippen molar-refractivity contribution in [2.45, 2.75) is 13.3 Å². The van der Waals surface area contributed by atoms with Crippen LogP contribution in [-0.2, 0) is 11.2 Å². The lowest BCUT2D eigenvalue weighted by Gasteiger charge is -2.06. The zero-order valence-corrected chi connectivity index (χ0v) is 8.79. The fourth-order valence-corrected chi connectivity index (χ4v) is 1.29. The van der Waals surface area contributed by atoms with E-state index in [0.29, 0.717) is 0 Å². The molecule has 1 heteroatoms. The molecule has 0 saturated carbocycles. The van der Waals surface area contributed by atoms with Gasteiger partial charge in [0.1, 0.15) is 5.76 Å². The van der Waals surface area contributed by atoms with Gasteiger partial charge in [-0.2, -0.15) is 0 Å². The molecule has 1 aromatic rings. The molecule has 0 bridgehead atoms. The Hall–Kier alpha value is -1.50. The van der Waals surface area contributed by atoms with E-state index < -0.39 is 0 Å². The smallest absolute Gasteiger partial charge is 0.126 e. The van der Waals surface area contributed by atoms with Gasteiger partial charge in [0.15, 0.2) is 0 Å². The first kappa shape index (κ1) is 10.6. The van der Waals surface area contributed by atoms with Gasteiger partial charge in [0, 0.05) is 5.56 Å². The average Bonchev–Trinajstić information content (AvgIpc) is 2.26. The Kier molecular flexibility index (Phi) is 3.99. The zero-order valence-electron chi connectivity index (χ0n) is 8.79. The van der Waals surface area contributed by atoms with Crippen LogP contribution in [0.1, 0.15) is 18.1 Å². The second-order valence-corrected chi connectivity index (χ2v) is 3.02. The molecule has 0 N–H and O–H groups in total. The van der Waals surface area contributed by atoms with Gasteiger partial charge in [-0.25, -0.2) is 0 Å². The van der Waals surface area contributed by atoms with E-state index in [-0.39, 0.29) is 0 Å². The summed E-state index contributed by atoms with van der Waals surface area (Å²) < 4.78 is 5.24. The van der Waals surface area contributed by atoms with Crippen LogP contribution >= 0.6 is 0 Å². The molecule has 1 nitrogen and oxygen atoms in total. The lowest BCUT2D eigenvalue weighted by molar-refractivity contribution is 0.370. The number of benzene rings is 1. The van der Waals surface area contributed by atoms with Crippen molar-refractivity contribution in [1.29, 1.82) is 0 Å². The minimum atomic E-state index is 0.850. The first-order valence-electron chi connectivity index (χ1n) is 4.77. The Morgan fingerprint density at radius 2 is 2.00 bits per heavy atom. The van der Waals surface area contributed by atoms with E-state index in [9.17, 15) is 0 Å². The highest BCUT2D eigenvalue weighted by molar-refractivity contribution is 5.61. The number of hydrogen-bond acceptors (Lipinski definition) is 1. The molecule has 0 aliphatic heterocycles. The molecule has 74 valence electrons. The molecule has 0 aliphatic carbocycles. The minimum Gasteiger partial charge on any atom is -0.496 e. The molecule has 0 saturated heterocycles. The highest BCUT2D eigenvalue weighted by Gasteiger charge is 1.99. The van der Waals surface area contributed by atoms with Gasteiger partial charge in [-0.15, -0.1) is 0 Å². The minimum absolute atomic E-state index is 0.850. The van der Waals surface area contributed by atoms with E-state index in [4.69, 9.17) is 4.74 Å². The molecule has 0 atom stereocenters. The highest BCUT2D eigenvalue weighted by Crippen LogP contribution is 2.16. The van der Waals surface area contributed by atoms with Crippen molar-refractivity contribution in [3.8, 4) is 0 Å². The molecule has 0 heterocycles. The van der Waals surface area contributed by atoms with Gasteiger partial charge in [0.2, 0.25) is 0 Å². The van der Waals surface area contributed by atoms with Crippen LogP contribution in [0.25, 0.3) is 5.76 Å². The van der Waals surface area contributed by atoms with E-state index in [2.05, 4.69) is 37.8 Å². The second kappa shape index (κ2) is 5.28. The molecule has 0 fully saturated rings. The maximum Gasteiger partial charge on any atom is 0.126 e. The van der Waals surface area contributed by atoms with Crippen LogP contribution in [-0.4, -0.2) is 7.11 Å². The summed E-state index contributed by atoms with van der Waals surface area (Å²) in [4.78, 5) is 0. The van der Waals surface area contributed by atoms with Crippen LogP contribution < -0.4 is 0 Å². The van der Waals surface area contributed by atoms with Gasteiger partial charge in [-0.05, 0) is 18.1 Å². The molecule has 0 aliphatic rings.